The fourth-order valence-corrected chi connectivity index (χ4v) is 3.74. The summed E-state index contributed by atoms with van der Waals surface area (Å²) in [5.41, 5.74) is 5.79. The van der Waals surface area contributed by atoms with Crippen molar-refractivity contribution in [3.63, 3.8) is 0 Å². The van der Waals surface area contributed by atoms with E-state index in [1.807, 2.05) is 5.01 Å². The number of carbonyl (C=O) groups is 2. The summed E-state index contributed by atoms with van der Waals surface area (Å²) in [7, 11) is 0. The molecule has 3 rings (SSSR count). The summed E-state index contributed by atoms with van der Waals surface area (Å²) in [6.07, 6.45) is 0.00154. The van der Waals surface area contributed by atoms with Crippen molar-refractivity contribution < 1.29 is 14.3 Å². The van der Waals surface area contributed by atoms with E-state index in [0.717, 1.165) is 5.56 Å². The Morgan fingerprint density at radius 3 is 2.71 bits per heavy atom. The van der Waals surface area contributed by atoms with E-state index in [9.17, 15) is 9.59 Å². The molecule has 2 fully saturated rings. The lowest BCUT2D eigenvalue weighted by atomic mass is 9.80. The van der Waals surface area contributed by atoms with Crippen LogP contribution in [0.5, 0.6) is 0 Å². The van der Waals surface area contributed by atoms with Crippen LogP contribution in [0.25, 0.3) is 0 Å². The third-order valence-electron chi connectivity index (χ3n) is 4.89. The van der Waals surface area contributed by atoms with Crippen LogP contribution in [-0.2, 0) is 20.9 Å². The van der Waals surface area contributed by atoms with Crippen molar-refractivity contribution in [3.05, 3.63) is 35.4 Å². The topological polar surface area (TPSA) is 70.7 Å². The van der Waals surface area contributed by atoms with E-state index >= 15 is 0 Å². The molecule has 0 spiro atoms. The molecule has 1 amide bonds. The number of fused-ring (bicyclic) bond motifs is 1. The number of hydrazine groups is 1. The van der Waals surface area contributed by atoms with Crippen molar-refractivity contribution in [2.24, 2.45) is 11.8 Å². The molecule has 130 valence electrons. The second-order valence-corrected chi connectivity index (χ2v) is 6.68. The highest BCUT2D eigenvalue weighted by molar-refractivity contribution is 5.85. The molecule has 0 saturated carbocycles. The van der Waals surface area contributed by atoms with E-state index in [4.69, 9.17) is 4.74 Å². The van der Waals surface area contributed by atoms with Gasteiger partial charge in [0.1, 0.15) is 6.17 Å². The molecule has 2 heterocycles. The van der Waals surface area contributed by atoms with E-state index in [1.54, 1.807) is 6.92 Å². The van der Waals surface area contributed by atoms with Gasteiger partial charge in [0, 0.05) is 24.9 Å². The van der Waals surface area contributed by atoms with E-state index in [-0.39, 0.29) is 36.4 Å². The number of aryl methyl sites for hydroxylation is 1. The van der Waals surface area contributed by atoms with Gasteiger partial charge >= 0.3 is 5.97 Å². The van der Waals surface area contributed by atoms with Gasteiger partial charge in [-0.05, 0) is 26.3 Å². The highest BCUT2D eigenvalue weighted by atomic mass is 16.5. The largest absolute Gasteiger partial charge is 0.466 e. The first-order valence-corrected chi connectivity index (χ1v) is 8.54. The number of hydrogen-bond acceptors (Lipinski definition) is 5. The van der Waals surface area contributed by atoms with Gasteiger partial charge in [-0.25, -0.2) is 10.4 Å². The van der Waals surface area contributed by atoms with Crippen molar-refractivity contribution in [3.8, 4) is 0 Å². The molecule has 0 aromatic heterocycles. The number of amides is 1. The van der Waals surface area contributed by atoms with Gasteiger partial charge in [-0.1, -0.05) is 29.8 Å². The molecule has 2 aliphatic heterocycles. The Morgan fingerprint density at radius 1 is 1.33 bits per heavy atom. The number of rotatable bonds is 4. The van der Waals surface area contributed by atoms with E-state index in [0.29, 0.717) is 13.2 Å². The summed E-state index contributed by atoms with van der Waals surface area (Å²) < 4.78 is 5.19. The quantitative estimate of drug-likeness (QED) is 0.815. The lowest BCUT2D eigenvalue weighted by molar-refractivity contribution is -0.155. The van der Waals surface area contributed by atoms with Crippen molar-refractivity contribution in [1.82, 2.24) is 15.8 Å². The molecule has 6 nitrogen and oxygen atoms in total. The fraction of sp³-hybridized carbons (Fsp3) is 0.556. The Hall–Kier alpha value is -1.92. The number of ether oxygens (including phenoxy) is 1. The van der Waals surface area contributed by atoms with E-state index in [1.165, 1.54) is 5.56 Å². The van der Waals surface area contributed by atoms with Crippen molar-refractivity contribution >= 4 is 11.9 Å². The summed E-state index contributed by atoms with van der Waals surface area (Å²) in [6.45, 7) is 6.90. The number of piperidine rings is 1. The number of nitrogens with one attached hydrogen (secondary N) is 2. The highest BCUT2D eigenvalue weighted by Gasteiger charge is 2.50. The maximum atomic E-state index is 12.3. The van der Waals surface area contributed by atoms with E-state index < -0.39 is 5.92 Å². The lowest BCUT2D eigenvalue weighted by Crippen LogP contribution is -2.56. The van der Waals surface area contributed by atoms with Gasteiger partial charge in [0.05, 0.1) is 12.5 Å². The SMILES string of the molecule is CCOC(=O)C1CC(=O)NC2C1C(C)NN2Cc1ccc(C)cc1. The zero-order chi connectivity index (χ0) is 17.3. The molecule has 6 heteroatoms. The lowest BCUT2D eigenvalue weighted by Gasteiger charge is -2.36. The minimum Gasteiger partial charge on any atom is -0.466 e. The summed E-state index contributed by atoms with van der Waals surface area (Å²) in [5.74, 6) is -0.756. The van der Waals surface area contributed by atoms with Crippen LogP contribution in [0, 0.1) is 18.8 Å². The van der Waals surface area contributed by atoms with E-state index in [2.05, 4.69) is 48.9 Å². The predicted molar refractivity (Wildman–Crippen MR) is 89.5 cm³/mol. The Bertz CT molecular complexity index is 616. The van der Waals surface area contributed by atoms with Crippen LogP contribution in [-0.4, -0.2) is 35.7 Å². The number of benzene rings is 1. The molecule has 1 aromatic carbocycles. The molecule has 1 aromatic rings. The second kappa shape index (κ2) is 6.91. The third kappa shape index (κ3) is 3.30. The van der Waals surface area contributed by atoms with Crippen LogP contribution in [0.3, 0.4) is 0 Å². The Labute approximate surface area is 142 Å². The van der Waals surface area contributed by atoms with Crippen LogP contribution < -0.4 is 10.7 Å². The number of carbonyl (C=O) groups excluding carboxylic acids is 2. The van der Waals surface area contributed by atoms with Crippen molar-refractivity contribution in [1.29, 1.82) is 0 Å². The maximum Gasteiger partial charge on any atom is 0.309 e. The molecule has 4 unspecified atom stereocenters. The monoisotopic (exact) mass is 331 g/mol. The Kier molecular flexibility index (Phi) is 4.87. The first-order chi connectivity index (χ1) is 11.5. The normalized spacial score (nSPS) is 29.9. The molecular weight excluding hydrogens is 306 g/mol. The van der Waals surface area contributed by atoms with Gasteiger partial charge in [0.15, 0.2) is 0 Å². The molecule has 0 aliphatic carbocycles. The zero-order valence-corrected chi connectivity index (χ0v) is 14.4. The number of esters is 1. The molecule has 0 bridgehead atoms. The summed E-state index contributed by atoms with van der Waals surface area (Å²) in [4.78, 5) is 24.4. The molecule has 2 N–H and O–H groups in total. The van der Waals surface area contributed by atoms with Gasteiger partial charge in [0.25, 0.3) is 0 Å². The zero-order valence-electron chi connectivity index (χ0n) is 14.4. The minimum absolute atomic E-state index is 0.00667. The first-order valence-electron chi connectivity index (χ1n) is 8.54. The van der Waals surface area contributed by atoms with Gasteiger partial charge in [-0.3, -0.25) is 9.59 Å². The minimum atomic E-state index is -0.394. The van der Waals surface area contributed by atoms with Crippen LogP contribution in [0.15, 0.2) is 24.3 Å². The smallest absolute Gasteiger partial charge is 0.309 e. The van der Waals surface area contributed by atoms with Crippen LogP contribution in [0.4, 0.5) is 0 Å². The first kappa shape index (κ1) is 16.9. The third-order valence-corrected chi connectivity index (χ3v) is 4.89. The highest BCUT2D eigenvalue weighted by Crippen LogP contribution is 2.34. The number of nitrogens with zero attached hydrogens (tertiary/aromatic N) is 1. The fourth-order valence-electron chi connectivity index (χ4n) is 3.74. The molecule has 2 saturated heterocycles. The summed E-state index contributed by atoms with van der Waals surface area (Å²) >= 11 is 0. The van der Waals surface area contributed by atoms with Gasteiger partial charge in [-0.15, -0.1) is 0 Å². The average Bonchev–Trinajstić information content (AvgIpc) is 2.85. The molecular formula is C18H25N3O3. The van der Waals surface area contributed by atoms with Crippen molar-refractivity contribution in [2.45, 2.75) is 45.9 Å². The molecule has 0 radical (unpaired) electrons. The maximum absolute atomic E-state index is 12.3. The summed E-state index contributed by atoms with van der Waals surface area (Å²) in [5, 5.41) is 5.07. The van der Waals surface area contributed by atoms with Crippen molar-refractivity contribution in [2.75, 3.05) is 6.61 Å². The molecule has 24 heavy (non-hydrogen) atoms. The number of hydrogen-bond donors (Lipinski definition) is 2. The summed E-state index contributed by atoms with van der Waals surface area (Å²) in [6, 6.07) is 8.42. The predicted octanol–water partition coefficient (Wildman–Crippen LogP) is 1.35. The van der Waals surface area contributed by atoms with Gasteiger partial charge in [0.2, 0.25) is 5.91 Å². The standard InChI is InChI=1S/C18H25N3O3/c1-4-24-18(23)14-9-15(22)19-17-16(14)12(3)20-21(17)10-13-7-5-11(2)6-8-13/h5-8,12,14,16-17,20H,4,9-10H2,1-3H3,(H,19,22). The van der Waals surface area contributed by atoms with Crippen LogP contribution >= 0.6 is 0 Å². The molecule has 4 atom stereocenters. The van der Waals surface area contributed by atoms with Crippen LogP contribution in [0.1, 0.15) is 31.4 Å². The Balaban J connectivity index is 1.78. The second-order valence-electron chi connectivity index (χ2n) is 6.68. The Morgan fingerprint density at radius 2 is 2.04 bits per heavy atom. The average molecular weight is 331 g/mol. The van der Waals surface area contributed by atoms with Gasteiger partial charge < -0.3 is 10.1 Å². The van der Waals surface area contributed by atoms with Gasteiger partial charge in [-0.2, -0.15) is 0 Å². The van der Waals surface area contributed by atoms with Crippen LogP contribution in [0.2, 0.25) is 0 Å². The molecule has 2 aliphatic rings.